The van der Waals surface area contributed by atoms with E-state index in [1.807, 2.05) is 24.3 Å². The fourth-order valence-electron chi connectivity index (χ4n) is 1.68. The topological polar surface area (TPSA) is 71.8 Å². The summed E-state index contributed by atoms with van der Waals surface area (Å²) in [4.78, 5) is 18.7. The van der Waals surface area contributed by atoms with Crippen LogP contribution in [-0.4, -0.2) is 16.5 Å². The number of benzene rings is 1. The van der Waals surface area contributed by atoms with E-state index in [-0.39, 0.29) is 5.56 Å². The lowest BCUT2D eigenvalue weighted by molar-refractivity contribution is 0.877. The molecule has 2 rings (SSSR count). The van der Waals surface area contributed by atoms with Crippen LogP contribution in [0.1, 0.15) is 17.0 Å². The van der Waals surface area contributed by atoms with Crippen LogP contribution in [0, 0.1) is 0 Å². The number of aromatic nitrogens is 2. The number of hydrogen-bond donors (Lipinski definition) is 2. The van der Waals surface area contributed by atoms with Gasteiger partial charge in [-0.3, -0.25) is 4.79 Å². The van der Waals surface area contributed by atoms with Gasteiger partial charge in [0.2, 0.25) is 0 Å². The first-order valence-corrected chi connectivity index (χ1v) is 6.08. The molecule has 0 aliphatic carbocycles. The molecular formula is C13H14ClN3O. The molecule has 18 heavy (non-hydrogen) atoms. The van der Waals surface area contributed by atoms with E-state index < -0.39 is 0 Å². The number of nitrogens with zero attached hydrogens (tertiary/aromatic N) is 1. The van der Waals surface area contributed by atoms with Gasteiger partial charge in [-0.25, -0.2) is 4.98 Å². The second kappa shape index (κ2) is 5.80. The number of halogens is 1. The van der Waals surface area contributed by atoms with Crippen LogP contribution in [0.3, 0.4) is 0 Å². The lowest BCUT2D eigenvalue weighted by Crippen LogP contribution is -2.19. The lowest BCUT2D eigenvalue weighted by atomic mass is 10.1. The molecule has 3 N–H and O–H groups in total. The Bertz CT molecular complexity index is 578. The highest BCUT2D eigenvalue weighted by molar-refractivity contribution is 6.30. The third kappa shape index (κ3) is 3.18. The second-order valence-corrected chi connectivity index (χ2v) is 4.46. The van der Waals surface area contributed by atoms with Crippen molar-refractivity contribution in [2.24, 2.45) is 5.73 Å². The van der Waals surface area contributed by atoms with Gasteiger partial charge in [-0.1, -0.05) is 23.7 Å². The van der Waals surface area contributed by atoms with Crippen molar-refractivity contribution in [2.75, 3.05) is 6.54 Å². The largest absolute Gasteiger partial charge is 0.330 e. The highest BCUT2D eigenvalue weighted by Gasteiger charge is 2.03. The van der Waals surface area contributed by atoms with Crippen molar-refractivity contribution in [3.63, 3.8) is 0 Å². The number of nitrogens with two attached hydrogens (primary N) is 1. The maximum atomic E-state index is 11.7. The van der Waals surface area contributed by atoms with Crippen LogP contribution in [0.25, 0.3) is 0 Å². The summed E-state index contributed by atoms with van der Waals surface area (Å²) in [6.45, 7) is 0.446. The van der Waals surface area contributed by atoms with Crippen molar-refractivity contribution in [1.29, 1.82) is 0 Å². The fraction of sp³-hybridized carbons (Fsp3) is 0.231. The SMILES string of the molecule is NCCc1cnc(Cc2ccc(Cl)cc2)[nH]c1=O. The molecule has 0 atom stereocenters. The van der Waals surface area contributed by atoms with E-state index in [1.54, 1.807) is 6.20 Å². The van der Waals surface area contributed by atoms with Gasteiger partial charge in [0.1, 0.15) is 5.82 Å². The molecule has 0 spiro atoms. The monoisotopic (exact) mass is 263 g/mol. The Hall–Kier alpha value is -1.65. The standard InChI is InChI=1S/C13H14ClN3O/c14-11-3-1-9(2-4-11)7-12-16-8-10(5-6-15)13(18)17-12/h1-4,8H,5-7,15H2,(H,16,17,18). The van der Waals surface area contributed by atoms with Crippen LogP contribution >= 0.6 is 11.6 Å². The Morgan fingerprint density at radius 2 is 2.00 bits per heavy atom. The van der Waals surface area contributed by atoms with Crippen molar-refractivity contribution in [1.82, 2.24) is 9.97 Å². The Kier molecular flexibility index (Phi) is 4.12. The highest BCUT2D eigenvalue weighted by atomic mass is 35.5. The van der Waals surface area contributed by atoms with Crippen LogP contribution in [0.5, 0.6) is 0 Å². The van der Waals surface area contributed by atoms with Gasteiger partial charge < -0.3 is 10.7 Å². The molecule has 0 saturated heterocycles. The smallest absolute Gasteiger partial charge is 0.254 e. The minimum absolute atomic E-state index is 0.112. The molecule has 0 aliphatic heterocycles. The van der Waals surface area contributed by atoms with E-state index in [2.05, 4.69) is 9.97 Å². The molecule has 5 heteroatoms. The third-order valence-electron chi connectivity index (χ3n) is 2.62. The summed E-state index contributed by atoms with van der Waals surface area (Å²) in [5.41, 5.74) is 6.97. The van der Waals surface area contributed by atoms with Gasteiger partial charge >= 0.3 is 0 Å². The van der Waals surface area contributed by atoms with Crippen LogP contribution < -0.4 is 11.3 Å². The van der Waals surface area contributed by atoms with Crippen molar-refractivity contribution in [3.8, 4) is 0 Å². The molecule has 2 aromatic rings. The van der Waals surface area contributed by atoms with Gasteiger partial charge in [0.25, 0.3) is 5.56 Å². The molecule has 0 bridgehead atoms. The summed E-state index contributed by atoms with van der Waals surface area (Å²) >= 11 is 5.81. The molecule has 0 fully saturated rings. The van der Waals surface area contributed by atoms with Crippen LogP contribution in [-0.2, 0) is 12.8 Å². The summed E-state index contributed by atoms with van der Waals surface area (Å²) in [7, 11) is 0. The summed E-state index contributed by atoms with van der Waals surface area (Å²) in [5, 5.41) is 0.693. The maximum Gasteiger partial charge on any atom is 0.254 e. The Morgan fingerprint density at radius 3 is 2.61 bits per heavy atom. The third-order valence-corrected chi connectivity index (χ3v) is 2.88. The molecule has 4 nitrogen and oxygen atoms in total. The minimum Gasteiger partial charge on any atom is -0.330 e. The van der Waals surface area contributed by atoms with Crippen LogP contribution in [0.4, 0.5) is 0 Å². The van der Waals surface area contributed by atoms with E-state index in [1.165, 1.54) is 0 Å². The Balaban J connectivity index is 2.17. The number of hydrogen-bond acceptors (Lipinski definition) is 3. The molecular weight excluding hydrogens is 250 g/mol. The summed E-state index contributed by atoms with van der Waals surface area (Å²) in [6.07, 6.45) is 2.72. The zero-order chi connectivity index (χ0) is 13.0. The zero-order valence-corrected chi connectivity index (χ0v) is 10.6. The van der Waals surface area contributed by atoms with Crippen molar-refractivity contribution < 1.29 is 0 Å². The number of nitrogens with one attached hydrogen (secondary N) is 1. The predicted molar refractivity (Wildman–Crippen MR) is 71.9 cm³/mol. The van der Waals surface area contributed by atoms with Gasteiger partial charge in [0.05, 0.1) is 0 Å². The predicted octanol–water partition coefficient (Wildman–Crippen LogP) is 1.52. The minimum atomic E-state index is -0.112. The van der Waals surface area contributed by atoms with Crippen LogP contribution in [0.15, 0.2) is 35.3 Å². The lowest BCUT2D eigenvalue weighted by Gasteiger charge is -2.03. The average Bonchev–Trinajstić information content (AvgIpc) is 2.36. The average molecular weight is 264 g/mol. The van der Waals surface area contributed by atoms with Crippen molar-refractivity contribution in [3.05, 3.63) is 62.8 Å². The summed E-state index contributed by atoms with van der Waals surface area (Å²) in [5.74, 6) is 0.642. The van der Waals surface area contributed by atoms with Gasteiger partial charge in [0, 0.05) is 23.2 Å². The number of rotatable bonds is 4. The first-order valence-electron chi connectivity index (χ1n) is 5.70. The molecule has 1 heterocycles. The van der Waals surface area contributed by atoms with E-state index >= 15 is 0 Å². The molecule has 1 aromatic carbocycles. The Morgan fingerprint density at radius 1 is 1.28 bits per heavy atom. The quantitative estimate of drug-likeness (QED) is 0.878. The Labute approximate surface area is 110 Å². The molecule has 1 aromatic heterocycles. The number of H-pyrrole nitrogens is 1. The maximum absolute atomic E-state index is 11.7. The van der Waals surface area contributed by atoms with E-state index in [9.17, 15) is 4.79 Å². The first-order chi connectivity index (χ1) is 8.69. The van der Waals surface area contributed by atoms with E-state index in [0.29, 0.717) is 35.8 Å². The van der Waals surface area contributed by atoms with Crippen molar-refractivity contribution in [2.45, 2.75) is 12.8 Å². The van der Waals surface area contributed by atoms with Gasteiger partial charge in [-0.05, 0) is 30.7 Å². The fourth-order valence-corrected chi connectivity index (χ4v) is 1.80. The van der Waals surface area contributed by atoms with Gasteiger partial charge in [-0.2, -0.15) is 0 Å². The first kappa shape index (κ1) is 12.8. The molecule has 0 radical (unpaired) electrons. The molecule has 94 valence electrons. The second-order valence-electron chi connectivity index (χ2n) is 4.03. The summed E-state index contributed by atoms with van der Waals surface area (Å²) in [6, 6.07) is 7.46. The molecule has 0 unspecified atom stereocenters. The van der Waals surface area contributed by atoms with Gasteiger partial charge in [0.15, 0.2) is 0 Å². The summed E-state index contributed by atoms with van der Waals surface area (Å²) < 4.78 is 0. The number of aromatic amines is 1. The van der Waals surface area contributed by atoms with E-state index in [0.717, 1.165) is 5.56 Å². The van der Waals surface area contributed by atoms with Crippen LogP contribution in [0.2, 0.25) is 5.02 Å². The van der Waals surface area contributed by atoms with Crippen molar-refractivity contribution >= 4 is 11.6 Å². The normalized spacial score (nSPS) is 10.6. The van der Waals surface area contributed by atoms with E-state index in [4.69, 9.17) is 17.3 Å². The molecule has 0 amide bonds. The zero-order valence-electron chi connectivity index (χ0n) is 9.82. The molecule has 0 aliphatic rings. The highest BCUT2D eigenvalue weighted by Crippen LogP contribution is 2.11. The van der Waals surface area contributed by atoms with Gasteiger partial charge in [-0.15, -0.1) is 0 Å². The molecule has 0 saturated carbocycles.